The zero-order chi connectivity index (χ0) is 13.5. The molecule has 0 N–H and O–H groups in total. The molecule has 0 aliphatic rings. The SMILES string of the molecule is COCc1cc(OC)c(OC)c(C(C)CC=O)c1. The van der Waals surface area contributed by atoms with E-state index in [4.69, 9.17) is 14.2 Å². The van der Waals surface area contributed by atoms with Gasteiger partial charge in [-0.3, -0.25) is 0 Å². The van der Waals surface area contributed by atoms with Gasteiger partial charge in [0, 0.05) is 19.1 Å². The molecule has 1 aromatic rings. The van der Waals surface area contributed by atoms with Crippen LogP contribution in [-0.4, -0.2) is 27.6 Å². The van der Waals surface area contributed by atoms with Gasteiger partial charge in [-0.25, -0.2) is 0 Å². The Labute approximate surface area is 108 Å². The molecule has 1 unspecified atom stereocenters. The van der Waals surface area contributed by atoms with Crippen LogP contribution >= 0.6 is 0 Å². The van der Waals surface area contributed by atoms with Gasteiger partial charge in [0.2, 0.25) is 0 Å². The minimum Gasteiger partial charge on any atom is -0.493 e. The van der Waals surface area contributed by atoms with E-state index in [2.05, 4.69) is 0 Å². The van der Waals surface area contributed by atoms with Crippen molar-refractivity contribution in [1.29, 1.82) is 0 Å². The van der Waals surface area contributed by atoms with Crippen LogP contribution in [0.1, 0.15) is 30.4 Å². The lowest BCUT2D eigenvalue weighted by molar-refractivity contribution is -0.108. The summed E-state index contributed by atoms with van der Waals surface area (Å²) in [5.41, 5.74) is 1.97. The minimum atomic E-state index is 0.0863. The van der Waals surface area contributed by atoms with Crippen LogP contribution < -0.4 is 9.47 Å². The smallest absolute Gasteiger partial charge is 0.164 e. The standard InChI is InChI=1S/C14H20O4/c1-10(5-6-15)12-7-11(9-16-2)8-13(17-3)14(12)18-4/h6-8,10H,5,9H2,1-4H3. The number of ether oxygens (including phenoxy) is 3. The number of aldehydes is 1. The van der Waals surface area contributed by atoms with Crippen molar-refractivity contribution in [3.05, 3.63) is 23.3 Å². The maximum absolute atomic E-state index is 10.7. The van der Waals surface area contributed by atoms with Crippen LogP contribution in [0.3, 0.4) is 0 Å². The molecule has 0 amide bonds. The Hall–Kier alpha value is -1.55. The van der Waals surface area contributed by atoms with E-state index in [1.807, 2.05) is 19.1 Å². The van der Waals surface area contributed by atoms with E-state index in [1.165, 1.54) is 0 Å². The molecule has 4 nitrogen and oxygen atoms in total. The highest BCUT2D eigenvalue weighted by atomic mass is 16.5. The average molecular weight is 252 g/mol. The maximum Gasteiger partial charge on any atom is 0.164 e. The van der Waals surface area contributed by atoms with Gasteiger partial charge in [-0.05, 0) is 23.6 Å². The van der Waals surface area contributed by atoms with Gasteiger partial charge in [-0.15, -0.1) is 0 Å². The molecule has 0 spiro atoms. The van der Waals surface area contributed by atoms with Crippen molar-refractivity contribution in [2.45, 2.75) is 25.9 Å². The van der Waals surface area contributed by atoms with Gasteiger partial charge in [0.05, 0.1) is 20.8 Å². The molecular weight excluding hydrogens is 232 g/mol. The fourth-order valence-corrected chi connectivity index (χ4v) is 1.94. The van der Waals surface area contributed by atoms with Crippen molar-refractivity contribution in [2.24, 2.45) is 0 Å². The van der Waals surface area contributed by atoms with E-state index in [0.717, 1.165) is 17.4 Å². The first kappa shape index (κ1) is 14.5. The summed E-state index contributed by atoms with van der Waals surface area (Å²) >= 11 is 0. The third-order valence-electron chi connectivity index (χ3n) is 2.86. The summed E-state index contributed by atoms with van der Waals surface area (Å²) in [4.78, 5) is 10.7. The molecule has 0 aliphatic heterocycles. The fourth-order valence-electron chi connectivity index (χ4n) is 1.94. The lowest BCUT2D eigenvalue weighted by Crippen LogP contribution is -2.03. The zero-order valence-corrected chi connectivity index (χ0v) is 11.4. The fraction of sp³-hybridized carbons (Fsp3) is 0.500. The third-order valence-corrected chi connectivity index (χ3v) is 2.86. The number of hydrogen-bond donors (Lipinski definition) is 0. The second kappa shape index (κ2) is 7.01. The Morgan fingerprint density at radius 3 is 2.44 bits per heavy atom. The van der Waals surface area contributed by atoms with E-state index < -0.39 is 0 Å². The van der Waals surface area contributed by atoms with Gasteiger partial charge in [0.1, 0.15) is 6.29 Å². The van der Waals surface area contributed by atoms with Gasteiger partial charge in [0.15, 0.2) is 11.5 Å². The van der Waals surface area contributed by atoms with Crippen LogP contribution in [0.5, 0.6) is 11.5 Å². The largest absolute Gasteiger partial charge is 0.493 e. The topological polar surface area (TPSA) is 44.8 Å². The highest BCUT2D eigenvalue weighted by Gasteiger charge is 2.17. The Morgan fingerprint density at radius 1 is 1.22 bits per heavy atom. The van der Waals surface area contributed by atoms with Gasteiger partial charge in [0.25, 0.3) is 0 Å². The molecule has 0 radical (unpaired) electrons. The molecule has 18 heavy (non-hydrogen) atoms. The predicted octanol–water partition coefficient (Wildman–Crippen LogP) is 2.54. The van der Waals surface area contributed by atoms with E-state index in [0.29, 0.717) is 24.5 Å². The van der Waals surface area contributed by atoms with E-state index >= 15 is 0 Å². The first-order chi connectivity index (χ1) is 8.67. The number of carbonyl (C=O) groups excluding carboxylic acids is 1. The van der Waals surface area contributed by atoms with Crippen LogP contribution in [0.25, 0.3) is 0 Å². The molecule has 4 heteroatoms. The lowest BCUT2D eigenvalue weighted by atomic mass is 9.95. The third kappa shape index (κ3) is 3.23. The van der Waals surface area contributed by atoms with Gasteiger partial charge >= 0.3 is 0 Å². The molecule has 0 saturated carbocycles. The summed E-state index contributed by atoms with van der Waals surface area (Å²) in [6, 6.07) is 3.89. The van der Waals surface area contributed by atoms with E-state index in [-0.39, 0.29) is 5.92 Å². The van der Waals surface area contributed by atoms with Crippen LogP contribution in [0.4, 0.5) is 0 Å². The lowest BCUT2D eigenvalue weighted by Gasteiger charge is -2.18. The van der Waals surface area contributed by atoms with Crippen molar-refractivity contribution >= 4 is 6.29 Å². The first-order valence-corrected chi connectivity index (χ1v) is 5.85. The Balaban J connectivity index is 3.25. The molecular formula is C14H20O4. The molecule has 0 aliphatic carbocycles. The minimum absolute atomic E-state index is 0.0863. The van der Waals surface area contributed by atoms with Crippen LogP contribution in [-0.2, 0) is 16.1 Å². The molecule has 0 saturated heterocycles. The second-order valence-electron chi connectivity index (χ2n) is 4.16. The highest BCUT2D eigenvalue weighted by Crippen LogP contribution is 2.37. The first-order valence-electron chi connectivity index (χ1n) is 5.85. The molecule has 1 aromatic carbocycles. The summed E-state index contributed by atoms with van der Waals surface area (Å²) in [6.07, 6.45) is 1.37. The van der Waals surface area contributed by atoms with Crippen molar-refractivity contribution in [3.63, 3.8) is 0 Å². The van der Waals surface area contributed by atoms with Crippen LogP contribution in [0.2, 0.25) is 0 Å². The van der Waals surface area contributed by atoms with E-state index in [9.17, 15) is 4.79 Å². The summed E-state index contributed by atoms with van der Waals surface area (Å²) in [7, 11) is 4.85. The molecule has 0 bridgehead atoms. The number of methoxy groups -OCH3 is 3. The second-order valence-corrected chi connectivity index (χ2v) is 4.16. The summed E-state index contributed by atoms with van der Waals surface area (Å²) in [5, 5.41) is 0. The van der Waals surface area contributed by atoms with Gasteiger partial charge < -0.3 is 19.0 Å². The maximum atomic E-state index is 10.7. The molecule has 100 valence electrons. The Bertz CT molecular complexity index is 401. The Kier molecular flexibility index (Phi) is 5.65. The van der Waals surface area contributed by atoms with Crippen molar-refractivity contribution < 1.29 is 19.0 Å². The van der Waals surface area contributed by atoms with Crippen LogP contribution in [0.15, 0.2) is 12.1 Å². The van der Waals surface area contributed by atoms with Crippen LogP contribution in [0, 0.1) is 0 Å². The molecule has 0 heterocycles. The van der Waals surface area contributed by atoms with Crippen molar-refractivity contribution in [2.75, 3.05) is 21.3 Å². The summed E-state index contributed by atoms with van der Waals surface area (Å²) in [5.74, 6) is 1.44. The zero-order valence-electron chi connectivity index (χ0n) is 11.4. The predicted molar refractivity (Wildman–Crippen MR) is 69.4 cm³/mol. The normalized spacial score (nSPS) is 12.0. The van der Waals surface area contributed by atoms with Crippen molar-refractivity contribution in [3.8, 4) is 11.5 Å². The average Bonchev–Trinajstić information content (AvgIpc) is 2.38. The number of carbonyl (C=O) groups is 1. The van der Waals surface area contributed by atoms with Crippen molar-refractivity contribution in [1.82, 2.24) is 0 Å². The van der Waals surface area contributed by atoms with Gasteiger partial charge in [-0.2, -0.15) is 0 Å². The summed E-state index contributed by atoms with van der Waals surface area (Å²) in [6.45, 7) is 2.49. The monoisotopic (exact) mass is 252 g/mol. The van der Waals surface area contributed by atoms with E-state index in [1.54, 1.807) is 21.3 Å². The van der Waals surface area contributed by atoms with Gasteiger partial charge in [-0.1, -0.05) is 6.92 Å². The molecule has 1 rings (SSSR count). The highest BCUT2D eigenvalue weighted by molar-refractivity contribution is 5.56. The number of hydrogen-bond acceptors (Lipinski definition) is 4. The quantitative estimate of drug-likeness (QED) is 0.699. The number of benzene rings is 1. The molecule has 1 atom stereocenters. The molecule has 0 aromatic heterocycles. The summed E-state index contributed by atoms with van der Waals surface area (Å²) < 4.78 is 15.8. The number of rotatable bonds is 7. The Morgan fingerprint density at radius 2 is 1.94 bits per heavy atom. The molecule has 0 fully saturated rings.